The van der Waals surface area contributed by atoms with Crippen LogP contribution < -0.4 is 5.32 Å². The zero-order valence-corrected chi connectivity index (χ0v) is 16.3. The van der Waals surface area contributed by atoms with E-state index >= 15 is 0 Å². The van der Waals surface area contributed by atoms with E-state index < -0.39 is 0 Å². The topological polar surface area (TPSA) is 80.2 Å². The Kier molecular flexibility index (Phi) is 5.81. The molecule has 148 valence electrons. The number of carbonyl (C=O) groups is 1. The molecule has 2 aliphatic rings. The second-order valence-corrected chi connectivity index (χ2v) is 7.60. The Bertz CT molecular complexity index is 808. The minimum Gasteiger partial charge on any atom is -0.381 e. The van der Waals surface area contributed by atoms with E-state index in [1.807, 2.05) is 36.1 Å². The summed E-state index contributed by atoms with van der Waals surface area (Å²) in [4.78, 5) is 28.6. The second-order valence-electron chi connectivity index (χ2n) is 7.60. The number of ether oxygens (including phenoxy) is 1. The molecule has 0 spiro atoms. The van der Waals surface area contributed by atoms with Crippen molar-refractivity contribution >= 4 is 17.5 Å². The van der Waals surface area contributed by atoms with Crippen molar-refractivity contribution in [3.8, 4) is 0 Å². The highest BCUT2D eigenvalue weighted by Gasteiger charge is 2.31. The van der Waals surface area contributed by atoms with Gasteiger partial charge in [0.2, 0.25) is 5.91 Å². The van der Waals surface area contributed by atoms with Crippen LogP contribution in [0.15, 0.2) is 30.5 Å². The first-order valence-corrected chi connectivity index (χ1v) is 10.1. The third-order valence-corrected chi connectivity index (χ3v) is 5.46. The van der Waals surface area contributed by atoms with E-state index in [2.05, 4.69) is 15.3 Å². The number of carbonyl (C=O) groups excluding carboxylic acids is 1. The first-order chi connectivity index (χ1) is 13.7. The summed E-state index contributed by atoms with van der Waals surface area (Å²) in [7, 11) is 0. The first kappa shape index (κ1) is 18.8. The molecule has 1 unspecified atom stereocenters. The number of hydrogen-bond donors (Lipinski definition) is 1. The number of aryl methyl sites for hydroxylation is 1. The molecule has 2 aromatic rings. The fourth-order valence-electron chi connectivity index (χ4n) is 4.00. The third-order valence-electron chi connectivity index (χ3n) is 5.46. The average molecular weight is 381 g/mol. The Morgan fingerprint density at radius 1 is 1.18 bits per heavy atom. The number of anilines is 2. The van der Waals surface area contributed by atoms with E-state index in [0.717, 1.165) is 55.4 Å². The number of pyridine rings is 1. The van der Waals surface area contributed by atoms with Crippen LogP contribution in [0.5, 0.6) is 0 Å². The quantitative estimate of drug-likeness (QED) is 0.877. The number of hydrogen-bond acceptors (Lipinski definition) is 6. The van der Waals surface area contributed by atoms with Gasteiger partial charge in [-0.15, -0.1) is 0 Å². The summed E-state index contributed by atoms with van der Waals surface area (Å²) in [6.45, 7) is 4.89. The summed E-state index contributed by atoms with van der Waals surface area (Å²) in [5.41, 5.74) is 0.913. The molecule has 28 heavy (non-hydrogen) atoms. The van der Waals surface area contributed by atoms with Crippen LogP contribution in [0.25, 0.3) is 0 Å². The molecule has 2 aliphatic heterocycles. The van der Waals surface area contributed by atoms with Crippen LogP contribution in [0.4, 0.5) is 11.6 Å². The Hall–Kier alpha value is -2.54. The van der Waals surface area contributed by atoms with Crippen molar-refractivity contribution in [2.24, 2.45) is 5.92 Å². The Morgan fingerprint density at radius 3 is 2.82 bits per heavy atom. The van der Waals surface area contributed by atoms with E-state index in [-0.39, 0.29) is 17.7 Å². The van der Waals surface area contributed by atoms with Gasteiger partial charge in [0.25, 0.3) is 0 Å². The maximum atomic E-state index is 12.9. The van der Waals surface area contributed by atoms with Crippen molar-refractivity contribution in [2.45, 2.75) is 38.5 Å². The molecule has 4 rings (SSSR count). The maximum Gasteiger partial charge on any atom is 0.225 e. The zero-order chi connectivity index (χ0) is 19.3. The summed E-state index contributed by atoms with van der Waals surface area (Å²) in [5.74, 6) is 2.85. The number of amides is 1. The van der Waals surface area contributed by atoms with Gasteiger partial charge in [-0.2, -0.15) is 0 Å². The van der Waals surface area contributed by atoms with Crippen LogP contribution in [0.3, 0.4) is 0 Å². The molecular formula is C21H27N5O2. The van der Waals surface area contributed by atoms with Crippen LogP contribution in [0.2, 0.25) is 0 Å². The number of piperidine rings is 1. The predicted molar refractivity (Wildman–Crippen MR) is 106 cm³/mol. The SMILES string of the molecule is Cc1cc(Nc2ccccn2)nc(C2CCCN(C(=O)C3CCOCC3)C2)n1. The lowest BCUT2D eigenvalue weighted by molar-refractivity contribution is -0.139. The van der Waals surface area contributed by atoms with Gasteiger partial charge in [0, 0.05) is 56.1 Å². The Morgan fingerprint density at radius 2 is 2.04 bits per heavy atom. The standard InChI is InChI=1S/C21H27N5O2/c1-15-13-19(24-18-6-2-3-9-22-18)25-20(23-15)17-5-4-10-26(14-17)21(27)16-7-11-28-12-8-16/h2-3,6,9,13,16-17H,4-5,7-8,10-12,14H2,1H3,(H,22,23,24,25). The molecule has 4 heterocycles. The summed E-state index contributed by atoms with van der Waals surface area (Å²) >= 11 is 0. The largest absolute Gasteiger partial charge is 0.381 e. The molecule has 0 radical (unpaired) electrons. The lowest BCUT2D eigenvalue weighted by Gasteiger charge is -2.35. The van der Waals surface area contributed by atoms with Crippen molar-refractivity contribution in [3.05, 3.63) is 42.0 Å². The molecule has 0 bridgehead atoms. The second kappa shape index (κ2) is 8.65. The normalized spacial score (nSPS) is 20.8. The monoisotopic (exact) mass is 381 g/mol. The summed E-state index contributed by atoms with van der Waals surface area (Å²) in [5, 5.41) is 3.25. The molecule has 0 aliphatic carbocycles. The molecule has 7 nitrogen and oxygen atoms in total. The van der Waals surface area contributed by atoms with Crippen molar-refractivity contribution in [1.82, 2.24) is 19.9 Å². The minimum atomic E-state index is 0.104. The van der Waals surface area contributed by atoms with Gasteiger partial charge in [-0.3, -0.25) is 4.79 Å². The molecule has 0 aromatic carbocycles. The molecule has 2 fully saturated rings. The fraction of sp³-hybridized carbons (Fsp3) is 0.524. The zero-order valence-electron chi connectivity index (χ0n) is 16.3. The van der Waals surface area contributed by atoms with E-state index in [9.17, 15) is 4.79 Å². The van der Waals surface area contributed by atoms with Crippen LogP contribution in [0.1, 0.15) is 43.1 Å². The number of nitrogens with one attached hydrogen (secondary N) is 1. The molecule has 1 N–H and O–H groups in total. The summed E-state index contributed by atoms with van der Waals surface area (Å²) in [6.07, 6.45) is 5.40. The van der Waals surface area contributed by atoms with Crippen LogP contribution in [-0.2, 0) is 9.53 Å². The number of likely N-dealkylation sites (tertiary alicyclic amines) is 1. The van der Waals surface area contributed by atoms with Gasteiger partial charge in [0.15, 0.2) is 0 Å². The van der Waals surface area contributed by atoms with Gasteiger partial charge in [0.1, 0.15) is 17.5 Å². The lowest BCUT2D eigenvalue weighted by Crippen LogP contribution is -2.44. The highest BCUT2D eigenvalue weighted by atomic mass is 16.5. The van der Waals surface area contributed by atoms with Gasteiger partial charge in [-0.05, 0) is 44.7 Å². The highest BCUT2D eigenvalue weighted by molar-refractivity contribution is 5.79. The van der Waals surface area contributed by atoms with Crippen molar-refractivity contribution in [2.75, 3.05) is 31.6 Å². The first-order valence-electron chi connectivity index (χ1n) is 10.1. The van der Waals surface area contributed by atoms with E-state index in [1.165, 1.54) is 0 Å². The summed E-state index contributed by atoms with van der Waals surface area (Å²) in [6, 6.07) is 7.65. The van der Waals surface area contributed by atoms with E-state index in [4.69, 9.17) is 9.72 Å². The molecule has 2 aromatic heterocycles. The highest BCUT2D eigenvalue weighted by Crippen LogP contribution is 2.28. The van der Waals surface area contributed by atoms with Crippen molar-refractivity contribution in [3.63, 3.8) is 0 Å². The maximum absolute atomic E-state index is 12.9. The molecule has 1 amide bonds. The lowest BCUT2D eigenvalue weighted by atomic mass is 9.93. The van der Waals surface area contributed by atoms with Crippen molar-refractivity contribution < 1.29 is 9.53 Å². The molecule has 2 saturated heterocycles. The summed E-state index contributed by atoms with van der Waals surface area (Å²) < 4.78 is 5.40. The van der Waals surface area contributed by atoms with Crippen LogP contribution in [-0.4, -0.2) is 52.1 Å². The smallest absolute Gasteiger partial charge is 0.225 e. The Labute approximate surface area is 165 Å². The van der Waals surface area contributed by atoms with Crippen LogP contribution in [0, 0.1) is 12.8 Å². The van der Waals surface area contributed by atoms with Crippen LogP contribution >= 0.6 is 0 Å². The number of rotatable bonds is 4. The molecule has 1 atom stereocenters. The molecule has 0 saturated carbocycles. The van der Waals surface area contributed by atoms with Gasteiger partial charge in [-0.1, -0.05) is 6.07 Å². The predicted octanol–water partition coefficient (Wildman–Crippen LogP) is 3.06. The molecular weight excluding hydrogens is 354 g/mol. The minimum absolute atomic E-state index is 0.104. The van der Waals surface area contributed by atoms with Gasteiger partial charge < -0.3 is 15.0 Å². The number of aromatic nitrogens is 3. The van der Waals surface area contributed by atoms with Crippen molar-refractivity contribution in [1.29, 1.82) is 0 Å². The average Bonchev–Trinajstić information content (AvgIpc) is 2.74. The van der Waals surface area contributed by atoms with Gasteiger partial charge in [-0.25, -0.2) is 15.0 Å². The number of nitrogens with zero attached hydrogens (tertiary/aromatic N) is 4. The van der Waals surface area contributed by atoms with E-state index in [0.29, 0.717) is 19.8 Å². The third kappa shape index (κ3) is 4.47. The van der Waals surface area contributed by atoms with Gasteiger partial charge >= 0.3 is 0 Å². The fourth-order valence-corrected chi connectivity index (χ4v) is 4.00. The Balaban J connectivity index is 1.47. The molecule has 7 heteroatoms. The van der Waals surface area contributed by atoms with Gasteiger partial charge in [0.05, 0.1) is 0 Å². The van der Waals surface area contributed by atoms with E-state index in [1.54, 1.807) is 6.20 Å².